The van der Waals surface area contributed by atoms with Crippen LogP contribution in [0.4, 0.5) is 0 Å². The van der Waals surface area contributed by atoms with Crippen LogP contribution in [0.1, 0.15) is 10.4 Å². The van der Waals surface area contributed by atoms with Gasteiger partial charge in [0.05, 0.1) is 11.1 Å². The summed E-state index contributed by atoms with van der Waals surface area (Å²) >= 11 is 0. The molecule has 0 spiro atoms. The summed E-state index contributed by atoms with van der Waals surface area (Å²) in [6.45, 7) is 0. The van der Waals surface area contributed by atoms with Crippen molar-refractivity contribution in [3.05, 3.63) is 54.2 Å². The van der Waals surface area contributed by atoms with Gasteiger partial charge in [0, 0.05) is 17.1 Å². The Bertz CT molecular complexity index is 697. The predicted octanol–water partition coefficient (Wildman–Crippen LogP) is 2.79. The van der Waals surface area contributed by atoms with E-state index in [2.05, 4.69) is 0 Å². The van der Waals surface area contributed by atoms with Crippen LogP contribution in [0.15, 0.2) is 48.7 Å². The molecule has 0 unspecified atom stereocenters. The van der Waals surface area contributed by atoms with Gasteiger partial charge in [0.15, 0.2) is 0 Å². The third-order valence-electron chi connectivity index (χ3n) is 2.73. The maximum absolute atomic E-state index is 10.9. The van der Waals surface area contributed by atoms with Gasteiger partial charge in [-0.05, 0) is 24.3 Å². The maximum atomic E-state index is 10.9. The van der Waals surface area contributed by atoms with Crippen LogP contribution in [0.3, 0.4) is 0 Å². The summed E-state index contributed by atoms with van der Waals surface area (Å²) in [4.78, 5) is 10.9. The number of rotatable bonds is 1. The van der Waals surface area contributed by atoms with E-state index in [1.54, 1.807) is 18.3 Å². The average Bonchev–Trinajstić information content (AvgIpc) is 2.66. The molecule has 2 heterocycles. The van der Waals surface area contributed by atoms with Gasteiger partial charge in [-0.3, -0.25) is 0 Å². The van der Waals surface area contributed by atoms with Crippen LogP contribution in [-0.4, -0.2) is 15.5 Å². The highest BCUT2D eigenvalue weighted by Gasteiger charge is 2.06. The number of fused-ring (bicyclic) bond motifs is 3. The number of hydrogen-bond donors (Lipinski definition) is 1. The van der Waals surface area contributed by atoms with Crippen molar-refractivity contribution in [2.24, 2.45) is 0 Å². The van der Waals surface area contributed by atoms with Crippen LogP contribution in [0.25, 0.3) is 16.4 Å². The number of hydrogen-bond acceptors (Lipinski definition) is 1. The smallest absolute Gasteiger partial charge is 0.335 e. The summed E-state index contributed by atoms with van der Waals surface area (Å²) in [5.74, 6) is -0.896. The van der Waals surface area contributed by atoms with Crippen molar-refractivity contribution in [1.82, 2.24) is 4.40 Å². The molecule has 2 aromatic heterocycles. The Morgan fingerprint density at radius 2 is 1.94 bits per heavy atom. The van der Waals surface area contributed by atoms with Gasteiger partial charge >= 0.3 is 5.97 Å². The van der Waals surface area contributed by atoms with E-state index in [0.29, 0.717) is 5.56 Å². The fraction of sp³-hybridized carbons (Fsp3) is 0. The second kappa shape index (κ2) is 3.10. The third-order valence-corrected chi connectivity index (χ3v) is 2.73. The van der Waals surface area contributed by atoms with Crippen LogP contribution in [-0.2, 0) is 0 Å². The van der Waals surface area contributed by atoms with Gasteiger partial charge < -0.3 is 9.51 Å². The van der Waals surface area contributed by atoms with E-state index in [9.17, 15) is 4.79 Å². The molecule has 0 radical (unpaired) electrons. The number of benzene rings is 1. The average molecular weight is 211 g/mol. The van der Waals surface area contributed by atoms with Crippen LogP contribution < -0.4 is 0 Å². The number of nitrogens with zero attached hydrogens (tertiary/aromatic N) is 1. The fourth-order valence-corrected chi connectivity index (χ4v) is 1.97. The molecular formula is C13H9NO2. The Morgan fingerprint density at radius 3 is 2.75 bits per heavy atom. The Morgan fingerprint density at radius 1 is 1.12 bits per heavy atom. The molecule has 0 amide bonds. The van der Waals surface area contributed by atoms with Crippen molar-refractivity contribution in [3.8, 4) is 0 Å². The zero-order valence-corrected chi connectivity index (χ0v) is 8.42. The minimum absolute atomic E-state index is 0.315. The molecule has 0 aliphatic heterocycles. The van der Waals surface area contributed by atoms with E-state index in [0.717, 1.165) is 16.4 Å². The molecule has 1 N–H and O–H groups in total. The first-order valence-corrected chi connectivity index (χ1v) is 4.99. The monoisotopic (exact) mass is 211 g/mol. The lowest BCUT2D eigenvalue weighted by molar-refractivity contribution is 0.0697. The normalized spacial score (nSPS) is 11.0. The highest BCUT2D eigenvalue weighted by Crippen LogP contribution is 2.20. The second-order valence-electron chi connectivity index (χ2n) is 3.72. The minimum Gasteiger partial charge on any atom is -0.478 e. The van der Waals surface area contributed by atoms with Gasteiger partial charge in [-0.2, -0.15) is 0 Å². The number of carbonyl (C=O) groups is 1. The number of para-hydroxylation sites is 1. The predicted molar refractivity (Wildman–Crippen MR) is 61.9 cm³/mol. The molecule has 1 aromatic carbocycles. The van der Waals surface area contributed by atoms with Crippen LogP contribution in [0.5, 0.6) is 0 Å². The quantitative estimate of drug-likeness (QED) is 0.672. The number of carboxylic acid groups (broad SMARTS) is 1. The van der Waals surface area contributed by atoms with E-state index < -0.39 is 5.97 Å². The van der Waals surface area contributed by atoms with E-state index in [4.69, 9.17) is 5.11 Å². The van der Waals surface area contributed by atoms with E-state index in [-0.39, 0.29) is 0 Å². The van der Waals surface area contributed by atoms with Gasteiger partial charge in [-0.15, -0.1) is 0 Å². The molecule has 3 nitrogen and oxygen atoms in total. The standard InChI is InChI=1S/C13H9NO2/c15-13(16)10-5-6-14-11(8-10)7-9-3-1-2-4-12(9)14/h1-8H,(H,15,16). The van der Waals surface area contributed by atoms with Crippen molar-refractivity contribution in [3.63, 3.8) is 0 Å². The summed E-state index contributed by atoms with van der Waals surface area (Å²) in [7, 11) is 0. The van der Waals surface area contributed by atoms with Crippen molar-refractivity contribution in [1.29, 1.82) is 0 Å². The molecule has 78 valence electrons. The van der Waals surface area contributed by atoms with Crippen LogP contribution in [0, 0.1) is 0 Å². The Hall–Kier alpha value is -2.29. The van der Waals surface area contributed by atoms with Crippen molar-refractivity contribution < 1.29 is 9.90 Å². The Balaban J connectivity index is 2.41. The summed E-state index contributed by atoms with van der Waals surface area (Å²) in [6, 6.07) is 13.3. The van der Waals surface area contributed by atoms with Gasteiger partial charge in [0.1, 0.15) is 0 Å². The molecule has 3 aromatic rings. The molecule has 16 heavy (non-hydrogen) atoms. The van der Waals surface area contributed by atoms with Gasteiger partial charge in [-0.25, -0.2) is 4.79 Å². The largest absolute Gasteiger partial charge is 0.478 e. The third kappa shape index (κ3) is 1.18. The lowest BCUT2D eigenvalue weighted by Gasteiger charge is -1.98. The van der Waals surface area contributed by atoms with E-state index >= 15 is 0 Å². The number of aromatic nitrogens is 1. The Kier molecular flexibility index (Phi) is 1.74. The van der Waals surface area contributed by atoms with Gasteiger partial charge in [0.25, 0.3) is 0 Å². The molecule has 3 heteroatoms. The first kappa shape index (κ1) is 8.97. The molecular weight excluding hydrogens is 202 g/mol. The van der Waals surface area contributed by atoms with Crippen LogP contribution in [0.2, 0.25) is 0 Å². The minimum atomic E-state index is -0.896. The molecule has 0 bridgehead atoms. The van der Waals surface area contributed by atoms with Gasteiger partial charge in [-0.1, -0.05) is 18.2 Å². The number of carboxylic acids is 1. The maximum Gasteiger partial charge on any atom is 0.335 e. The van der Waals surface area contributed by atoms with Crippen LogP contribution >= 0.6 is 0 Å². The second-order valence-corrected chi connectivity index (χ2v) is 3.72. The molecule has 0 fully saturated rings. The molecule has 0 saturated carbocycles. The number of aromatic carboxylic acids is 1. The van der Waals surface area contributed by atoms with E-state index in [1.165, 1.54) is 0 Å². The van der Waals surface area contributed by atoms with Crippen molar-refractivity contribution in [2.75, 3.05) is 0 Å². The lowest BCUT2D eigenvalue weighted by atomic mass is 10.2. The lowest BCUT2D eigenvalue weighted by Crippen LogP contribution is -1.96. The molecule has 0 aliphatic carbocycles. The van der Waals surface area contributed by atoms with Gasteiger partial charge in [0.2, 0.25) is 0 Å². The zero-order valence-electron chi connectivity index (χ0n) is 8.42. The summed E-state index contributed by atoms with van der Waals surface area (Å²) in [5, 5.41) is 10.0. The summed E-state index contributed by atoms with van der Waals surface area (Å²) in [6.07, 6.45) is 1.79. The summed E-state index contributed by atoms with van der Waals surface area (Å²) in [5.41, 5.74) is 2.31. The fourth-order valence-electron chi connectivity index (χ4n) is 1.97. The SMILES string of the molecule is O=C(O)c1ccn2c(c1)cc1ccccc12. The molecule has 0 atom stereocenters. The molecule has 3 rings (SSSR count). The number of pyridine rings is 1. The topological polar surface area (TPSA) is 41.7 Å². The summed E-state index contributed by atoms with van der Waals surface area (Å²) < 4.78 is 1.99. The Labute approximate surface area is 91.6 Å². The van der Waals surface area contributed by atoms with E-state index in [1.807, 2.05) is 34.7 Å². The van der Waals surface area contributed by atoms with Crippen molar-refractivity contribution in [2.45, 2.75) is 0 Å². The first-order valence-electron chi connectivity index (χ1n) is 4.99. The molecule has 0 aliphatic rings. The first-order chi connectivity index (χ1) is 7.75. The van der Waals surface area contributed by atoms with Crippen molar-refractivity contribution >= 4 is 22.4 Å². The highest BCUT2D eigenvalue weighted by atomic mass is 16.4. The highest BCUT2D eigenvalue weighted by molar-refractivity contribution is 5.92. The zero-order chi connectivity index (χ0) is 11.1. The molecule has 0 saturated heterocycles.